The van der Waals surface area contributed by atoms with E-state index >= 15 is 0 Å². The standard InChI is InChI=1S/C25H26N2O5/c28-25(29)22-4-3-5-23(24(22)26-11-1-2-12-26)27-14-21(15-27)32-19-8-6-18(7-9-19)16-31-20-10-13-30-17-20/h1-9,11-12,20-21H,10,13-17H2,(H,28,29). The van der Waals surface area contributed by atoms with E-state index < -0.39 is 5.97 Å². The largest absolute Gasteiger partial charge is 0.487 e. The molecule has 32 heavy (non-hydrogen) atoms. The van der Waals surface area contributed by atoms with Crippen molar-refractivity contribution in [3.05, 3.63) is 78.1 Å². The molecule has 5 rings (SSSR count). The van der Waals surface area contributed by atoms with Gasteiger partial charge in [0.15, 0.2) is 0 Å². The number of para-hydroxylation sites is 1. The average Bonchev–Trinajstić information content (AvgIpc) is 3.49. The average molecular weight is 434 g/mol. The van der Waals surface area contributed by atoms with Crippen molar-refractivity contribution in [2.24, 2.45) is 0 Å². The summed E-state index contributed by atoms with van der Waals surface area (Å²) in [5.41, 5.74) is 2.97. The second kappa shape index (κ2) is 9.06. The van der Waals surface area contributed by atoms with E-state index in [-0.39, 0.29) is 17.8 Å². The Kier molecular flexibility index (Phi) is 5.83. The number of anilines is 1. The number of hydrogen-bond donors (Lipinski definition) is 1. The van der Waals surface area contributed by atoms with Gasteiger partial charge in [0.25, 0.3) is 0 Å². The van der Waals surface area contributed by atoms with Crippen molar-refractivity contribution in [2.75, 3.05) is 31.2 Å². The second-order valence-electron chi connectivity index (χ2n) is 8.15. The Labute approximate surface area is 186 Å². The van der Waals surface area contributed by atoms with Gasteiger partial charge in [-0.2, -0.15) is 0 Å². The highest BCUT2D eigenvalue weighted by Gasteiger charge is 2.31. The van der Waals surface area contributed by atoms with Gasteiger partial charge in [0.2, 0.25) is 0 Å². The van der Waals surface area contributed by atoms with Gasteiger partial charge in [0, 0.05) is 19.0 Å². The van der Waals surface area contributed by atoms with Crippen LogP contribution in [0.3, 0.4) is 0 Å². The molecule has 1 aromatic heterocycles. The summed E-state index contributed by atoms with van der Waals surface area (Å²) in [5, 5.41) is 9.66. The minimum absolute atomic E-state index is 0.0544. The van der Waals surface area contributed by atoms with Gasteiger partial charge in [-0.3, -0.25) is 0 Å². The molecule has 2 aromatic carbocycles. The molecule has 0 saturated carbocycles. The van der Waals surface area contributed by atoms with Crippen LogP contribution in [0.5, 0.6) is 5.75 Å². The van der Waals surface area contributed by atoms with Crippen LogP contribution in [0, 0.1) is 0 Å². The highest BCUT2D eigenvalue weighted by Crippen LogP contribution is 2.32. The Morgan fingerprint density at radius 3 is 2.50 bits per heavy atom. The fraction of sp³-hybridized carbons (Fsp3) is 0.320. The summed E-state index contributed by atoms with van der Waals surface area (Å²) in [6.45, 7) is 3.44. The minimum Gasteiger partial charge on any atom is -0.487 e. The molecule has 166 valence electrons. The highest BCUT2D eigenvalue weighted by molar-refractivity contribution is 5.95. The Morgan fingerprint density at radius 2 is 1.81 bits per heavy atom. The first-order valence-electron chi connectivity index (χ1n) is 10.9. The van der Waals surface area contributed by atoms with Gasteiger partial charge in [0.05, 0.1) is 49.3 Å². The van der Waals surface area contributed by atoms with E-state index in [2.05, 4.69) is 4.90 Å². The van der Waals surface area contributed by atoms with Gasteiger partial charge in [-0.25, -0.2) is 4.79 Å². The van der Waals surface area contributed by atoms with Crippen molar-refractivity contribution < 1.29 is 24.1 Å². The van der Waals surface area contributed by atoms with Gasteiger partial charge < -0.3 is 28.8 Å². The Bertz CT molecular complexity index is 1050. The lowest BCUT2D eigenvalue weighted by molar-refractivity contribution is 0.0317. The van der Waals surface area contributed by atoms with Crippen LogP contribution in [-0.2, 0) is 16.1 Å². The quantitative estimate of drug-likeness (QED) is 0.582. The zero-order valence-corrected chi connectivity index (χ0v) is 17.7. The predicted octanol–water partition coefficient (Wildman–Crippen LogP) is 3.75. The summed E-state index contributed by atoms with van der Waals surface area (Å²) in [6.07, 6.45) is 4.94. The van der Waals surface area contributed by atoms with Crippen LogP contribution in [0.15, 0.2) is 67.0 Å². The number of aromatic carboxylic acids is 1. The summed E-state index contributed by atoms with van der Waals surface area (Å²) >= 11 is 0. The van der Waals surface area contributed by atoms with E-state index in [0.717, 1.165) is 30.0 Å². The lowest BCUT2D eigenvalue weighted by Crippen LogP contribution is -2.54. The molecular formula is C25H26N2O5. The first-order chi connectivity index (χ1) is 15.7. The third kappa shape index (κ3) is 4.35. The SMILES string of the molecule is O=C(O)c1cccc(N2CC(Oc3ccc(COC4CCOC4)cc3)C2)c1-n1cccc1. The predicted molar refractivity (Wildman–Crippen MR) is 120 cm³/mol. The van der Waals surface area contributed by atoms with Crippen molar-refractivity contribution in [2.45, 2.75) is 25.2 Å². The molecule has 3 heterocycles. The van der Waals surface area contributed by atoms with Crippen LogP contribution in [0.25, 0.3) is 5.69 Å². The van der Waals surface area contributed by atoms with Gasteiger partial charge >= 0.3 is 5.97 Å². The number of benzene rings is 2. The van der Waals surface area contributed by atoms with E-state index in [0.29, 0.717) is 32.0 Å². The number of rotatable bonds is 8. The molecule has 2 fully saturated rings. The molecule has 2 aliphatic rings. The molecule has 1 unspecified atom stereocenters. The number of ether oxygens (including phenoxy) is 3. The van der Waals surface area contributed by atoms with Crippen molar-refractivity contribution in [1.82, 2.24) is 4.57 Å². The molecule has 0 bridgehead atoms. The molecule has 0 radical (unpaired) electrons. The number of nitrogens with zero attached hydrogens (tertiary/aromatic N) is 2. The van der Waals surface area contributed by atoms with Gasteiger partial charge in [-0.1, -0.05) is 18.2 Å². The van der Waals surface area contributed by atoms with Gasteiger partial charge in [0.1, 0.15) is 11.9 Å². The topological polar surface area (TPSA) is 73.2 Å². The lowest BCUT2D eigenvalue weighted by atomic mass is 10.1. The third-order valence-electron chi connectivity index (χ3n) is 5.90. The summed E-state index contributed by atoms with van der Waals surface area (Å²) in [7, 11) is 0. The minimum atomic E-state index is -0.937. The van der Waals surface area contributed by atoms with Crippen LogP contribution in [0.1, 0.15) is 22.3 Å². The molecule has 0 spiro atoms. The molecule has 7 nitrogen and oxygen atoms in total. The molecule has 7 heteroatoms. The number of carboxylic acids is 1. The molecule has 1 N–H and O–H groups in total. The molecular weight excluding hydrogens is 408 g/mol. The number of carboxylic acid groups (broad SMARTS) is 1. The van der Waals surface area contributed by atoms with Gasteiger partial charge in [-0.05, 0) is 48.4 Å². The maximum absolute atomic E-state index is 11.8. The molecule has 0 amide bonds. The van der Waals surface area contributed by atoms with Crippen molar-refractivity contribution >= 4 is 11.7 Å². The van der Waals surface area contributed by atoms with E-state index in [1.54, 1.807) is 12.1 Å². The smallest absolute Gasteiger partial charge is 0.337 e. The van der Waals surface area contributed by atoms with E-state index in [1.807, 2.05) is 59.4 Å². The van der Waals surface area contributed by atoms with Crippen LogP contribution >= 0.6 is 0 Å². The fourth-order valence-corrected chi connectivity index (χ4v) is 4.14. The summed E-state index contributed by atoms with van der Waals surface area (Å²) < 4.78 is 19.2. The first kappa shape index (κ1) is 20.6. The van der Waals surface area contributed by atoms with E-state index in [9.17, 15) is 9.90 Å². The van der Waals surface area contributed by atoms with E-state index in [4.69, 9.17) is 14.2 Å². The summed E-state index contributed by atoms with van der Waals surface area (Å²) in [4.78, 5) is 13.9. The highest BCUT2D eigenvalue weighted by atomic mass is 16.5. The molecule has 1 atom stereocenters. The number of aromatic nitrogens is 1. The Balaban J connectivity index is 1.20. The molecule has 2 saturated heterocycles. The van der Waals surface area contributed by atoms with E-state index in [1.165, 1.54) is 0 Å². The Hall–Kier alpha value is -3.29. The summed E-state index contributed by atoms with van der Waals surface area (Å²) in [5.74, 6) is -0.110. The number of carbonyl (C=O) groups is 1. The van der Waals surface area contributed by atoms with Crippen molar-refractivity contribution in [3.8, 4) is 11.4 Å². The zero-order valence-electron chi connectivity index (χ0n) is 17.7. The molecule has 2 aliphatic heterocycles. The first-order valence-corrected chi connectivity index (χ1v) is 10.9. The lowest BCUT2D eigenvalue weighted by Gasteiger charge is -2.41. The second-order valence-corrected chi connectivity index (χ2v) is 8.15. The third-order valence-corrected chi connectivity index (χ3v) is 5.90. The van der Waals surface area contributed by atoms with Gasteiger partial charge in [-0.15, -0.1) is 0 Å². The van der Waals surface area contributed by atoms with Crippen LogP contribution < -0.4 is 9.64 Å². The summed E-state index contributed by atoms with van der Waals surface area (Å²) in [6, 6.07) is 17.2. The maximum Gasteiger partial charge on any atom is 0.337 e. The van der Waals surface area contributed by atoms with Crippen LogP contribution in [-0.4, -0.2) is 54.2 Å². The number of hydrogen-bond acceptors (Lipinski definition) is 5. The van der Waals surface area contributed by atoms with Crippen molar-refractivity contribution in [1.29, 1.82) is 0 Å². The van der Waals surface area contributed by atoms with Crippen molar-refractivity contribution in [3.63, 3.8) is 0 Å². The van der Waals surface area contributed by atoms with Crippen LogP contribution in [0.2, 0.25) is 0 Å². The normalized spacial score (nSPS) is 18.5. The zero-order chi connectivity index (χ0) is 21.9. The monoisotopic (exact) mass is 434 g/mol. The Morgan fingerprint density at radius 1 is 1.03 bits per heavy atom. The molecule has 0 aliphatic carbocycles. The molecule has 3 aromatic rings. The maximum atomic E-state index is 11.8. The fourth-order valence-electron chi connectivity index (χ4n) is 4.14. The van der Waals surface area contributed by atoms with Crippen LogP contribution in [0.4, 0.5) is 5.69 Å².